The summed E-state index contributed by atoms with van der Waals surface area (Å²) in [6.07, 6.45) is 11.6. The molecule has 5 atom stereocenters. The van der Waals surface area contributed by atoms with Crippen molar-refractivity contribution in [1.82, 2.24) is 46.8 Å². The number of allylic oxidation sites excluding steroid dienone is 5. The molecule has 18 heteroatoms. The van der Waals surface area contributed by atoms with E-state index in [1.807, 2.05) is 30.4 Å². The zero-order valence-corrected chi connectivity index (χ0v) is 32.0. The number of Topliss-reactive ketones (excluding diaryl/α,β-unsaturated/α-hetero) is 1. The molecule has 2 aliphatic rings. The van der Waals surface area contributed by atoms with Crippen LogP contribution in [0.1, 0.15) is 82.1 Å². The van der Waals surface area contributed by atoms with Gasteiger partial charge >= 0.3 is 0 Å². The highest BCUT2D eigenvalue weighted by Gasteiger charge is 2.37. The lowest BCUT2D eigenvalue weighted by molar-refractivity contribution is -0.145. The monoisotopic (exact) mass is 779 g/mol. The number of rotatable bonds is 20. The Balaban J connectivity index is 1.27. The number of aliphatic hydroxyl groups is 1. The van der Waals surface area contributed by atoms with Gasteiger partial charge in [0.25, 0.3) is 5.91 Å². The molecule has 5 amide bonds. The Morgan fingerprint density at radius 1 is 1.04 bits per heavy atom. The molecule has 4 rings (SSSR count). The zero-order chi connectivity index (χ0) is 39.6. The fourth-order valence-corrected chi connectivity index (χ4v) is 6.47. The molecule has 296 valence electrons. The van der Waals surface area contributed by atoms with Crippen LogP contribution in [0.3, 0.4) is 0 Å². The number of nitrogens with one attached hydrogen (secondary N) is 5. The Hall–Kier alpha value is -5.28. The van der Waals surface area contributed by atoms with Crippen molar-refractivity contribution in [3.8, 4) is 0 Å². The molecule has 1 fully saturated rings. The highest BCUT2D eigenvalue weighted by molar-refractivity contribution is 7.19. The molecular weight excluding hydrogens is 729 g/mol. The summed E-state index contributed by atoms with van der Waals surface area (Å²) in [6.45, 7) is 2.00. The molecule has 17 nitrogen and oxygen atoms in total. The van der Waals surface area contributed by atoms with Crippen molar-refractivity contribution in [3.63, 3.8) is 0 Å². The molecule has 1 saturated heterocycles. The second-order valence-electron chi connectivity index (χ2n) is 13.0. The number of ether oxygens (including phenoxy) is 1. The first kappa shape index (κ1) is 42.5. The molecule has 1 aliphatic heterocycles. The number of aliphatic hydroxyl groups excluding tert-OH is 1. The molecule has 1 aliphatic carbocycles. The maximum absolute atomic E-state index is 13.6. The van der Waals surface area contributed by atoms with Crippen molar-refractivity contribution in [2.75, 3.05) is 26.3 Å². The Morgan fingerprint density at radius 2 is 1.84 bits per heavy atom. The topological polar surface area (TPSA) is 238 Å². The van der Waals surface area contributed by atoms with Crippen LogP contribution in [0.15, 0.2) is 66.0 Å². The summed E-state index contributed by atoms with van der Waals surface area (Å²) >= 11 is 0. The lowest BCUT2D eigenvalue weighted by atomic mass is 9.99. The Kier molecular flexibility index (Phi) is 17.1. The van der Waals surface area contributed by atoms with E-state index in [0.717, 1.165) is 5.57 Å². The Bertz CT molecular complexity index is 1720. The van der Waals surface area contributed by atoms with E-state index >= 15 is 0 Å². The minimum atomic E-state index is -1.19. The molecule has 1 aromatic carbocycles. The number of H-pyrrole nitrogens is 1. The molecule has 2 aromatic rings. The van der Waals surface area contributed by atoms with E-state index in [2.05, 4.69) is 51.1 Å². The van der Waals surface area contributed by atoms with Crippen molar-refractivity contribution >= 4 is 44.6 Å². The predicted octanol–water partition coefficient (Wildman–Crippen LogP) is 1.02. The summed E-state index contributed by atoms with van der Waals surface area (Å²) in [5.74, 6) is -4.05. The normalized spacial score (nSPS) is 17.0. The summed E-state index contributed by atoms with van der Waals surface area (Å²) in [5, 5.41) is 33.2. The number of aromatic nitrogens is 4. The summed E-state index contributed by atoms with van der Waals surface area (Å²) in [4.78, 5) is 80.5. The van der Waals surface area contributed by atoms with Crippen molar-refractivity contribution in [2.24, 2.45) is 0 Å². The third-order valence-corrected chi connectivity index (χ3v) is 9.40. The molecule has 3 unspecified atom stereocenters. The number of tetrazole rings is 1. The van der Waals surface area contributed by atoms with Gasteiger partial charge in [-0.3, -0.25) is 28.8 Å². The summed E-state index contributed by atoms with van der Waals surface area (Å²) < 4.78 is 5.62. The number of ketones is 1. The first-order valence-corrected chi connectivity index (χ1v) is 19.1. The lowest BCUT2D eigenvalue weighted by Gasteiger charge is -2.37. The smallest absolute Gasteiger partial charge is 0.290 e. The predicted molar refractivity (Wildman–Crippen MR) is 203 cm³/mol. The van der Waals surface area contributed by atoms with Gasteiger partial charge in [0.05, 0.1) is 19.2 Å². The van der Waals surface area contributed by atoms with Gasteiger partial charge in [0.15, 0.2) is 0 Å². The van der Waals surface area contributed by atoms with Crippen LogP contribution < -0.4 is 21.3 Å². The van der Waals surface area contributed by atoms with E-state index in [0.29, 0.717) is 62.9 Å². The molecule has 1 aromatic heterocycles. The number of aromatic amines is 1. The van der Waals surface area contributed by atoms with Crippen LogP contribution in [-0.4, -0.2) is 110 Å². The largest absolute Gasteiger partial charge is 0.494 e. The number of benzene rings is 1. The van der Waals surface area contributed by atoms with E-state index in [1.54, 1.807) is 31.2 Å². The van der Waals surface area contributed by atoms with Gasteiger partial charge in [-0.2, -0.15) is 5.21 Å². The van der Waals surface area contributed by atoms with Gasteiger partial charge in [0, 0.05) is 26.0 Å². The number of amides is 5. The number of hydrogen-bond acceptors (Lipinski definition) is 11. The van der Waals surface area contributed by atoms with Crippen molar-refractivity contribution < 1.29 is 38.6 Å². The van der Waals surface area contributed by atoms with Gasteiger partial charge in [-0.15, -0.1) is 19.4 Å². The third kappa shape index (κ3) is 13.2. The highest BCUT2D eigenvalue weighted by atomic mass is 31.0. The summed E-state index contributed by atoms with van der Waals surface area (Å²) in [5.41, 5.74) is 1.61. The SMILES string of the molecule is CCCC(NC(=O)[C@@H]1CCCCN1C(=O)[C@H](P)NC(=O)CCC1=CCC=C(OCCCO)C=C1)C(=O)C(=O)NCC(=O)NC(c1ccccc1)c1nn[nH]n1. The van der Waals surface area contributed by atoms with Crippen LogP contribution in [0.5, 0.6) is 0 Å². The minimum absolute atomic E-state index is 0.0497. The molecule has 0 spiro atoms. The first-order chi connectivity index (χ1) is 26.6. The molecular formula is C37H50N9O8P. The lowest BCUT2D eigenvalue weighted by Crippen LogP contribution is -2.58. The van der Waals surface area contributed by atoms with E-state index in [-0.39, 0.29) is 37.7 Å². The number of likely N-dealkylation sites (tertiary alicyclic amines) is 1. The van der Waals surface area contributed by atoms with Crippen molar-refractivity contribution in [3.05, 3.63) is 77.4 Å². The van der Waals surface area contributed by atoms with Crippen LogP contribution in [0, 0.1) is 0 Å². The molecule has 2 heterocycles. The van der Waals surface area contributed by atoms with Gasteiger partial charge in [-0.05, 0) is 56.2 Å². The highest BCUT2D eigenvalue weighted by Crippen LogP contribution is 2.21. The number of carbonyl (C=O) groups is 6. The van der Waals surface area contributed by atoms with Crippen LogP contribution >= 0.6 is 9.24 Å². The van der Waals surface area contributed by atoms with Gasteiger partial charge in [-0.25, -0.2) is 0 Å². The third-order valence-electron chi connectivity index (χ3n) is 8.95. The minimum Gasteiger partial charge on any atom is -0.494 e. The molecule has 0 saturated carbocycles. The van der Waals surface area contributed by atoms with Crippen LogP contribution in [-0.2, 0) is 33.5 Å². The van der Waals surface area contributed by atoms with E-state index < -0.39 is 59.9 Å². The summed E-state index contributed by atoms with van der Waals surface area (Å²) in [7, 11) is 2.33. The summed E-state index contributed by atoms with van der Waals surface area (Å²) in [6, 6.07) is 6.04. The van der Waals surface area contributed by atoms with Crippen molar-refractivity contribution in [2.45, 2.75) is 88.6 Å². The molecule has 0 radical (unpaired) electrons. The van der Waals surface area contributed by atoms with Gasteiger partial charge in [-0.1, -0.05) is 66.6 Å². The second-order valence-corrected chi connectivity index (χ2v) is 13.7. The van der Waals surface area contributed by atoms with Gasteiger partial charge in [0.2, 0.25) is 35.2 Å². The fraction of sp³-hybridized carbons (Fsp3) is 0.486. The Morgan fingerprint density at radius 3 is 2.56 bits per heavy atom. The zero-order valence-electron chi connectivity index (χ0n) is 30.9. The fourth-order valence-electron chi connectivity index (χ4n) is 6.09. The number of hydrogen-bond donors (Lipinski definition) is 6. The quantitative estimate of drug-likeness (QED) is 0.0631. The average molecular weight is 780 g/mol. The molecule has 55 heavy (non-hydrogen) atoms. The number of nitrogens with zero attached hydrogens (tertiary/aromatic N) is 4. The number of carbonyl (C=O) groups excluding carboxylic acids is 6. The molecule has 6 N–H and O–H groups in total. The van der Waals surface area contributed by atoms with Crippen molar-refractivity contribution in [1.29, 1.82) is 0 Å². The standard InChI is InChI=1S/C37H50N9O8P/c1-2-10-27(32(50)35(52)38-23-30(49)40-31(33-42-44-45-43-33)25-12-4-3-5-13-25)39-34(51)28-15-6-7-20-46(28)37(53)36(55)41-29(48)19-17-24-11-8-14-26(18-16-24)54-22-9-21-47/h3-5,11-14,16,18,27-28,31,36,47H,2,6-10,15,17,19-23,55H2,1H3,(H,38,52)(H,39,51)(H,40,49)(H,41,48)(H,42,43,44,45)/t27?,28-,31?,36-/m0/s1. The van der Waals surface area contributed by atoms with Crippen LogP contribution in [0.2, 0.25) is 0 Å². The van der Waals surface area contributed by atoms with E-state index in [1.165, 1.54) is 4.90 Å². The van der Waals surface area contributed by atoms with Gasteiger partial charge in [0.1, 0.15) is 23.6 Å². The maximum atomic E-state index is 13.6. The molecule has 0 bridgehead atoms. The first-order valence-electron chi connectivity index (χ1n) is 18.5. The van der Waals surface area contributed by atoms with E-state index in [9.17, 15) is 28.8 Å². The van der Waals surface area contributed by atoms with Crippen LogP contribution in [0.25, 0.3) is 0 Å². The van der Waals surface area contributed by atoms with Crippen LogP contribution in [0.4, 0.5) is 0 Å². The average Bonchev–Trinajstić information content (AvgIpc) is 3.64. The van der Waals surface area contributed by atoms with Gasteiger partial charge < -0.3 is 36.0 Å². The number of piperidine rings is 1. The Labute approximate surface area is 321 Å². The second kappa shape index (κ2) is 22.2. The maximum Gasteiger partial charge on any atom is 0.290 e. The van der Waals surface area contributed by atoms with E-state index in [4.69, 9.17) is 9.84 Å².